The van der Waals surface area contributed by atoms with Crippen LogP contribution in [0.3, 0.4) is 0 Å². The number of hydrogen-bond donors (Lipinski definition) is 3. The monoisotopic (exact) mass is 482 g/mol. The van der Waals surface area contributed by atoms with Gasteiger partial charge in [0, 0.05) is 5.69 Å². The number of anilines is 1. The predicted molar refractivity (Wildman–Crippen MR) is 121 cm³/mol. The van der Waals surface area contributed by atoms with Gasteiger partial charge in [0.25, 0.3) is 0 Å². The highest BCUT2D eigenvalue weighted by Gasteiger charge is 2.20. The molecule has 0 saturated carbocycles. The second-order valence-corrected chi connectivity index (χ2v) is 6.83. The minimum absolute atomic E-state index is 0. The number of rotatable bonds is 5. The summed E-state index contributed by atoms with van der Waals surface area (Å²) in [7, 11) is 0. The molecule has 0 aliphatic carbocycles. The topological polar surface area (TPSA) is 88.7 Å². The van der Waals surface area contributed by atoms with Crippen molar-refractivity contribution in [1.29, 1.82) is 0 Å². The van der Waals surface area contributed by atoms with Gasteiger partial charge in [-0.15, -0.1) is 24.0 Å². The maximum Gasteiger partial charge on any atom is 0.408 e. The van der Waals surface area contributed by atoms with Crippen LogP contribution in [0.4, 0.5) is 10.5 Å². The van der Waals surface area contributed by atoms with Crippen LogP contribution >= 0.6 is 24.0 Å². The lowest BCUT2D eigenvalue weighted by Gasteiger charge is -2.23. The number of carbonyl (C=O) groups excluding carboxylic acids is 1. The highest BCUT2D eigenvalue weighted by Crippen LogP contribution is 2.15. The lowest BCUT2D eigenvalue weighted by atomic mass is 10.1. The predicted octanol–water partition coefficient (Wildman–Crippen LogP) is 4.30. The van der Waals surface area contributed by atoms with Crippen molar-refractivity contribution in [3.8, 4) is 0 Å². The molecule has 1 atom stereocenters. The summed E-state index contributed by atoms with van der Waals surface area (Å²) in [6.45, 7) is 5.76. The maximum absolute atomic E-state index is 12.1. The fourth-order valence-corrected chi connectivity index (χ4v) is 2.27. The third kappa shape index (κ3) is 8.76. The van der Waals surface area contributed by atoms with Gasteiger partial charge < -0.3 is 21.1 Å². The molecular weight excluding hydrogens is 455 g/mol. The Morgan fingerprint density at radius 1 is 1.07 bits per heavy atom. The summed E-state index contributed by atoms with van der Waals surface area (Å²) < 4.78 is 5.35. The summed E-state index contributed by atoms with van der Waals surface area (Å²) in [5.41, 5.74) is 7.17. The first-order valence-electron chi connectivity index (χ1n) is 8.50. The van der Waals surface area contributed by atoms with Crippen LogP contribution in [-0.4, -0.2) is 24.2 Å². The number of alkyl carbamates (subject to hydrolysis) is 1. The molecule has 1 amide bonds. The Balaban J connectivity index is 0.00000364. The van der Waals surface area contributed by atoms with E-state index in [0.717, 1.165) is 11.3 Å². The van der Waals surface area contributed by atoms with Crippen molar-refractivity contribution in [3.05, 3.63) is 66.2 Å². The molecule has 7 heteroatoms. The molecule has 2 rings (SSSR count). The molecule has 0 fully saturated rings. The molecule has 0 spiro atoms. The van der Waals surface area contributed by atoms with Crippen LogP contribution in [0.25, 0.3) is 0 Å². The molecule has 0 saturated heterocycles. The first-order chi connectivity index (χ1) is 12.3. The standard InChI is InChI=1S/C20H26N4O2.HI/c1-20(2,3)26-19(25)24-17(15-10-6-4-7-11-15)14-22-18(21)23-16-12-8-5-9-13-16;/h4-13,17H,14H2,1-3H3,(H,24,25)(H3,21,22,23);1H. The zero-order chi connectivity index (χ0) is 19.0. The number of halogens is 1. The third-order valence-electron chi connectivity index (χ3n) is 3.38. The van der Waals surface area contributed by atoms with E-state index in [-0.39, 0.29) is 42.5 Å². The van der Waals surface area contributed by atoms with Gasteiger partial charge >= 0.3 is 6.09 Å². The fraction of sp³-hybridized carbons (Fsp3) is 0.300. The molecule has 2 aromatic carbocycles. The number of guanidine groups is 1. The van der Waals surface area contributed by atoms with Crippen LogP contribution in [0.5, 0.6) is 0 Å². The normalized spacial score (nSPS) is 12.5. The SMILES string of the molecule is CC(C)(C)OC(=O)NC(CN=C(N)Nc1ccccc1)c1ccccc1.I. The number of ether oxygens (including phenoxy) is 1. The summed E-state index contributed by atoms with van der Waals surface area (Å²) in [5, 5.41) is 5.88. The van der Waals surface area contributed by atoms with Gasteiger partial charge in [0.05, 0.1) is 12.6 Å². The first kappa shape index (κ1) is 22.8. The molecule has 27 heavy (non-hydrogen) atoms. The molecular formula is C20H27IN4O2. The van der Waals surface area contributed by atoms with Crippen molar-refractivity contribution < 1.29 is 9.53 Å². The molecule has 0 aliphatic rings. The Labute approximate surface area is 177 Å². The Morgan fingerprint density at radius 3 is 2.19 bits per heavy atom. The summed E-state index contributed by atoms with van der Waals surface area (Å²) in [6.07, 6.45) is -0.490. The molecule has 0 aromatic heterocycles. The van der Waals surface area contributed by atoms with Gasteiger partial charge in [0.1, 0.15) is 5.60 Å². The molecule has 1 unspecified atom stereocenters. The Kier molecular flexibility index (Phi) is 9.07. The molecule has 6 nitrogen and oxygen atoms in total. The average molecular weight is 482 g/mol. The van der Waals surface area contributed by atoms with E-state index >= 15 is 0 Å². The lowest BCUT2D eigenvalue weighted by Crippen LogP contribution is -2.36. The second-order valence-electron chi connectivity index (χ2n) is 6.83. The van der Waals surface area contributed by atoms with Crippen LogP contribution in [-0.2, 0) is 4.74 Å². The van der Waals surface area contributed by atoms with Crippen LogP contribution in [0.2, 0.25) is 0 Å². The molecule has 0 aliphatic heterocycles. The molecule has 4 N–H and O–H groups in total. The van der Waals surface area contributed by atoms with Gasteiger partial charge in [-0.3, -0.25) is 4.99 Å². The van der Waals surface area contributed by atoms with Gasteiger partial charge in [-0.1, -0.05) is 48.5 Å². The fourth-order valence-electron chi connectivity index (χ4n) is 2.27. The summed E-state index contributed by atoms with van der Waals surface area (Å²) >= 11 is 0. The number of carbonyl (C=O) groups is 1. The van der Waals surface area contributed by atoms with Gasteiger partial charge in [-0.2, -0.15) is 0 Å². The largest absolute Gasteiger partial charge is 0.444 e. The number of aliphatic imine (C=N–C) groups is 1. The lowest BCUT2D eigenvalue weighted by molar-refractivity contribution is 0.0505. The zero-order valence-corrected chi connectivity index (χ0v) is 18.1. The van der Waals surface area contributed by atoms with Crippen molar-refractivity contribution in [2.45, 2.75) is 32.4 Å². The second kappa shape index (κ2) is 10.8. The minimum atomic E-state index is -0.567. The van der Waals surface area contributed by atoms with Gasteiger partial charge in [-0.05, 0) is 38.5 Å². The number of para-hydroxylation sites is 1. The number of hydrogen-bond acceptors (Lipinski definition) is 3. The number of benzene rings is 2. The van der Waals surface area contributed by atoms with Crippen molar-refractivity contribution in [2.75, 3.05) is 11.9 Å². The number of nitrogens with zero attached hydrogens (tertiary/aromatic N) is 1. The average Bonchev–Trinajstić information content (AvgIpc) is 2.58. The summed E-state index contributed by atoms with van der Waals surface area (Å²) in [4.78, 5) is 16.5. The van der Waals surface area contributed by atoms with Crippen LogP contribution in [0.1, 0.15) is 32.4 Å². The van der Waals surface area contributed by atoms with Crippen molar-refractivity contribution >= 4 is 41.7 Å². The molecule has 0 heterocycles. The maximum atomic E-state index is 12.1. The zero-order valence-electron chi connectivity index (χ0n) is 15.8. The quantitative estimate of drug-likeness (QED) is 0.337. The number of nitrogens with two attached hydrogens (primary N) is 1. The first-order valence-corrected chi connectivity index (χ1v) is 8.50. The van der Waals surface area contributed by atoms with Crippen LogP contribution in [0, 0.1) is 0 Å². The Morgan fingerprint density at radius 2 is 1.63 bits per heavy atom. The van der Waals surface area contributed by atoms with E-state index in [0.29, 0.717) is 0 Å². The highest BCUT2D eigenvalue weighted by molar-refractivity contribution is 14.0. The van der Waals surface area contributed by atoms with E-state index in [4.69, 9.17) is 10.5 Å². The van der Waals surface area contributed by atoms with Gasteiger partial charge in [0.15, 0.2) is 5.96 Å². The van der Waals surface area contributed by atoms with Crippen molar-refractivity contribution in [3.63, 3.8) is 0 Å². The molecule has 146 valence electrons. The van der Waals surface area contributed by atoms with Crippen molar-refractivity contribution in [1.82, 2.24) is 5.32 Å². The molecule has 2 aromatic rings. The molecule has 0 bridgehead atoms. The Hall–Kier alpha value is -2.29. The summed E-state index contributed by atoms with van der Waals surface area (Å²) in [5.74, 6) is 0.281. The number of amides is 1. The van der Waals surface area contributed by atoms with E-state index in [1.807, 2.05) is 81.4 Å². The minimum Gasteiger partial charge on any atom is -0.444 e. The number of nitrogens with one attached hydrogen (secondary N) is 2. The van der Waals surface area contributed by atoms with E-state index in [9.17, 15) is 4.79 Å². The van der Waals surface area contributed by atoms with Gasteiger partial charge in [-0.25, -0.2) is 4.79 Å². The van der Waals surface area contributed by atoms with Crippen LogP contribution < -0.4 is 16.4 Å². The third-order valence-corrected chi connectivity index (χ3v) is 3.38. The van der Waals surface area contributed by atoms with Crippen LogP contribution in [0.15, 0.2) is 65.7 Å². The Bertz CT molecular complexity index is 731. The van der Waals surface area contributed by atoms with Crippen molar-refractivity contribution in [2.24, 2.45) is 10.7 Å². The van der Waals surface area contributed by atoms with E-state index in [1.54, 1.807) is 0 Å². The molecule has 0 radical (unpaired) electrons. The smallest absolute Gasteiger partial charge is 0.408 e. The summed E-state index contributed by atoms with van der Waals surface area (Å²) in [6, 6.07) is 18.8. The van der Waals surface area contributed by atoms with E-state index < -0.39 is 11.7 Å². The highest BCUT2D eigenvalue weighted by atomic mass is 127. The van der Waals surface area contributed by atoms with Gasteiger partial charge in [0.2, 0.25) is 0 Å². The van der Waals surface area contributed by atoms with E-state index in [2.05, 4.69) is 15.6 Å². The van der Waals surface area contributed by atoms with E-state index in [1.165, 1.54) is 0 Å².